The van der Waals surface area contributed by atoms with Gasteiger partial charge >= 0.3 is 0 Å². The van der Waals surface area contributed by atoms with Crippen molar-refractivity contribution in [1.82, 2.24) is 0 Å². The molecule has 0 rings (SSSR count). The third-order valence-corrected chi connectivity index (χ3v) is 2.74. The minimum Gasteiger partial charge on any atom is -0.0848 e. The van der Waals surface area contributed by atoms with Gasteiger partial charge in [-0.3, -0.25) is 0 Å². The maximum atomic E-state index is 3.86. The van der Waals surface area contributed by atoms with Gasteiger partial charge in [-0.1, -0.05) is 83.1 Å². The molecule has 0 heteroatoms. The third kappa shape index (κ3) is 13.5. The Kier molecular flexibility index (Phi) is 14.0. The molecule has 0 aromatic rings. The van der Waals surface area contributed by atoms with E-state index in [1.165, 1.54) is 51.4 Å². The van der Waals surface area contributed by atoms with Crippen molar-refractivity contribution in [3.8, 4) is 0 Å². The quantitative estimate of drug-likeness (QED) is 0.303. The SMILES string of the molecule is [CH2]CCCCCCCCC/C=C\C=C/CC. The molecule has 0 heterocycles. The van der Waals surface area contributed by atoms with E-state index in [2.05, 4.69) is 38.2 Å². The van der Waals surface area contributed by atoms with Gasteiger partial charge in [-0.2, -0.15) is 0 Å². The molecule has 0 aromatic carbocycles. The summed E-state index contributed by atoms with van der Waals surface area (Å²) < 4.78 is 0. The highest BCUT2D eigenvalue weighted by Gasteiger charge is 1.89. The van der Waals surface area contributed by atoms with Crippen molar-refractivity contribution in [2.75, 3.05) is 0 Å². The Morgan fingerprint density at radius 1 is 0.750 bits per heavy atom. The summed E-state index contributed by atoms with van der Waals surface area (Å²) in [5.74, 6) is 0. The monoisotopic (exact) mass is 221 g/mol. The minimum absolute atomic E-state index is 1.11. The van der Waals surface area contributed by atoms with Gasteiger partial charge in [-0.15, -0.1) is 0 Å². The Hall–Kier alpha value is -0.520. The molecule has 0 aliphatic heterocycles. The van der Waals surface area contributed by atoms with E-state index in [1.807, 2.05) is 0 Å². The van der Waals surface area contributed by atoms with Gasteiger partial charge in [0, 0.05) is 0 Å². The molecule has 0 atom stereocenters. The van der Waals surface area contributed by atoms with Gasteiger partial charge in [0.25, 0.3) is 0 Å². The molecule has 1 radical (unpaired) electrons. The Morgan fingerprint density at radius 2 is 1.31 bits per heavy atom. The fraction of sp³-hybridized carbons (Fsp3) is 0.688. The fourth-order valence-corrected chi connectivity index (χ4v) is 1.71. The Labute approximate surface area is 103 Å². The predicted octanol–water partition coefficient (Wildman–Crippen LogP) is 5.85. The van der Waals surface area contributed by atoms with Gasteiger partial charge in [0.05, 0.1) is 0 Å². The van der Waals surface area contributed by atoms with Gasteiger partial charge < -0.3 is 0 Å². The molecule has 93 valence electrons. The summed E-state index contributed by atoms with van der Waals surface area (Å²) in [6.45, 7) is 6.03. The summed E-state index contributed by atoms with van der Waals surface area (Å²) in [5.41, 5.74) is 0. The molecule has 0 amide bonds. The van der Waals surface area contributed by atoms with E-state index in [-0.39, 0.29) is 0 Å². The van der Waals surface area contributed by atoms with E-state index in [1.54, 1.807) is 0 Å². The first-order valence-electron chi connectivity index (χ1n) is 7.02. The Bertz CT molecular complexity index is 165. The average Bonchev–Trinajstić information content (AvgIpc) is 2.31. The van der Waals surface area contributed by atoms with Crippen LogP contribution in [0.4, 0.5) is 0 Å². The summed E-state index contributed by atoms with van der Waals surface area (Å²) in [6.07, 6.45) is 22.0. The van der Waals surface area contributed by atoms with E-state index in [0.29, 0.717) is 0 Å². The zero-order valence-corrected chi connectivity index (χ0v) is 11.1. The summed E-state index contributed by atoms with van der Waals surface area (Å²) in [5, 5.41) is 0. The zero-order valence-electron chi connectivity index (χ0n) is 11.1. The highest BCUT2D eigenvalue weighted by molar-refractivity contribution is 5.01. The molecule has 0 N–H and O–H groups in total. The van der Waals surface area contributed by atoms with Crippen LogP contribution in [0.3, 0.4) is 0 Å². The standard InChI is InChI=1S/C16H29/c1-3-5-7-9-11-13-15-16-14-12-10-8-6-4-2/h6,8,10,12H,1,3-5,7,9,11,13-16H2,2H3/b8-6-,12-10-. The van der Waals surface area contributed by atoms with E-state index in [4.69, 9.17) is 0 Å². The van der Waals surface area contributed by atoms with Crippen LogP contribution < -0.4 is 0 Å². The smallest absolute Gasteiger partial charge is 0.0348 e. The molecule has 0 saturated carbocycles. The zero-order chi connectivity index (χ0) is 11.9. The van der Waals surface area contributed by atoms with Crippen LogP contribution in [0, 0.1) is 6.92 Å². The number of unbranched alkanes of at least 4 members (excludes halogenated alkanes) is 8. The average molecular weight is 221 g/mol. The molecule has 0 aliphatic rings. The first-order valence-corrected chi connectivity index (χ1v) is 7.02. The Balaban J connectivity index is 3.03. The summed E-state index contributed by atoms with van der Waals surface area (Å²) in [7, 11) is 0. The van der Waals surface area contributed by atoms with E-state index in [0.717, 1.165) is 12.8 Å². The van der Waals surface area contributed by atoms with Gasteiger partial charge in [0.2, 0.25) is 0 Å². The van der Waals surface area contributed by atoms with Crippen molar-refractivity contribution >= 4 is 0 Å². The van der Waals surface area contributed by atoms with Crippen molar-refractivity contribution < 1.29 is 0 Å². The second-order valence-electron chi connectivity index (χ2n) is 4.38. The van der Waals surface area contributed by atoms with Crippen LogP contribution in [0.1, 0.15) is 71.1 Å². The molecule has 0 aromatic heterocycles. The lowest BCUT2D eigenvalue weighted by molar-refractivity contribution is 0.583. The Morgan fingerprint density at radius 3 is 1.94 bits per heavy atom. The molecule has 0 unspecified atom stereocenters. The largest absolute Gasteiger partial charge is 0.0848 e. The normalized spacial score (nSPS) is 11.9. The minimum atomic E-state index is 1.11. The van der Waals surface area contributed by atoms with Crippen molar-refractivity contribution in [2.24, 2.45) is 0 Å². The van der Waals surface area contributed by atoms with E-state index < -0.39 is 0 Å². The molecular formula is C16H29. The number of allylic oxidation sites excluding steroid dienone is 4. The van der Waals surface area contributed by atoms with E-state index in [9.17, 15) is 0 Å². The lowest BCUT2D eigenvalue weighted by Gasteiger charge is -1.99. The maximum absolute atomic E-state index is 3.86. The first-order chi connectivity index (χ1) is 7.91. The van der Waals surface area contributed by atoms with Crippen LogP contribution in [0.2, 0.25) is 0 Å². The third-order valence-electron chi connectivity index (χ3n) is 2.74. The molecule has 0 bridgehead atoms. The first kappa shape index (κ1) is 15.5. The molecular weight excluding hydrogens is 192 g/mol. The predicted molar refractivity (Wildman–Crippen MR) is 75.5 cm³/mol. The number of hydrogen-bond acceptors (Lipinski definition) is 0. The second-order valence-corrected chi connectivity index (χ2v) is 4.38. The van der Waals surface area contributed by atoms with Crippen molar-refractivity contribution in [1.29, 1.82) is 0 Å². The van der Waals surface area contributed by atoms with Crippen molar-refractivity contribution in [3.63, 3.8) is 0 Å². The van der Waals surface area contributed by atoms with Crippen LogP contribution in [0.15, 0.2) is 24.3 Å². The van der Waals surface area contributed by atoms with Crippen LogP contribution in [0.5, 0.6) is 0 Å². The van der Waals surface area contributed by atoms with Gasteiger partial charge in [-0.25, -0.2) is 0 Å². The fourth-order valence-electron chi connectivity index (χ4n) is 1.71. The highest BCUT2D eigenvalue weighted by Crippen LogP contribution is 2.09. The summed E-state index contributed by atoms with van der Waals surface area (Å²) in [6, 6.07) is 0. The molecule has 0 aliphatic carbocycles. The molecule has 0 fully saturated rings. The van der Waals surface area contributed by atoms with Crippen LogP contribution >= 0.6 is 0 Å². The van der Waals surface area contributed by atoms with Gasteiger partial charge in [0.15, 0.2) is 0 Å². The lowest BCUT2D eigenvalue weighted by Crippen LogP contribution is -1.79. The van der Waals surface area contributed by atoms with Gasteiger partial charge in [0.1, 0.15) is 0 Å². The number of rotatable bonds is 11. The van der Waals surface area contributed by atoms with Crippen molar-refractivity contribution in [3.05, 3.63) is 31.2 Å². The van der Waals surface area contributed by atoms with E-state index >= 15 is 0 Å². The van der Waals surface area contributed by atoms with Crippen LogP contribution in [0.25, 0.3) is 0 Å². The highest BCUT2D eigenvalue weighted by atomic mass is 14.0. The van der Waals surface area contributed by atoms with Crippen LogP contribution in [-0.2, 0) is 0 Å². The molecule has 0 saturated heterocycles. The lowest BCUT2D eigenvalue weighted by atomic mass is 10.1. The molecule has 16 heavy (non-hydrogen) atoms. The summed E-state index contributed by atoms with van der Waals surface area (Å²) >= 11 is 0. The number of hydrogen-bond donors (Lipinski definition) is 0. The maximum Gasteiger partial charge on any atom is -0.0348 e. The second kappa shape index (κ2) is 14.5. The summed E-state index contributed by atoms with van der Waals surface area (Å²) in [4.78, 5) is 0. The molecule has 0 spiro atoms. The van der Waals surface area contributed by atoms with Crippen molar-refractivity contribution in [2.45, 2.75) is 71.1 Å². The van der Waals surface area contributed by atoms with Crippen LogP contribution in [-0.4, -0.2) is 0 Å². The van der Waals surface area contributed by atoms with Gasteiger partial charge in [-0.05, 0) is 19.3 Å². The molecule has 0 nitrogen and oxygen atoms in total. The topological polar surface area (TPSA) is 0 Å².